The molecular weight excluding hydrogens is 480 g/mol. The molecular formula is C31H34N2O5. The summed E-state index contributed by atoms with van der Waals surface area (Å²) in [5.74, 6) is -0.417. The van der Waals surface area contributed by atoms with E-state index >= 15 is 0 Å². The molecule has 3 N–H and O–H groups in total. The van der Waals surface area contributed by atoms with Crippen molar-refractivity contribution in [1.82, 2.24) is 10.6 Å². The van der Waals surface area contributed by atoms with Crippen molar-refractivity contribution in [2.45, 2.75) is 33.3 Å². The third-order valence-corrected chi connectivity index (χ3v) is 6.08. The van der Waals surface area contributed by atoms with Crippen molar-refractivity contribution in [3.63, 3.8) is 0 Å². The zero-order chi connectivity index (χ0) is 27.5. The van der Waals surface area contributed by atoms with Crippen molar-refractivity contribution in [2.24, 2.45) is 0 Å². The molecule has 0 saturated carbocycles. The second-order valence-electron chi connectivity index (χ2n) is 8.96. The average Bonchev–Trinajstić information content (AvgIpc) is 2.91. The zero-order valence-electron chi connectivity index (χ0n) is 22.0. The number of carbonyl (C=O) groups excluding carboxylic acids is 3. The summed E-state index contributed by atoms with van der Waals surface area (Å²) in [6.07, 6.45) is 1.45. The Morgan fingerprint density at radius 3 is 1.76 bits per heavy atom. The Labute approximate surface area is 222 Å². The van der Waals surface area contributed by atoms with E-state index in [9.17, 15) is 19.5 Å². The summed E-state index contributed by atoms with van der Waals surface area (Å²) >= 11 is 0. The normalized spacial score (nSPS) is 10.4. The van der Waals surface area contributed by atoms with Crippen LogP contribution in [0.3, 0.4) is 0 Å². The molecule has 0 saturated heterocycles. The molecule has 0 aliphatic carbocycles. The standard InChI is InChI=1S/C16H17NO3.C15H17NO2/c1-11(18)17-8-7-12-9-13-5-3-4-6-14(13)15(10-12)16(19)20-2;1-11(18)16-7-6-12-8-13-4-2-3-5-15(13)14(9-12)10-17/h3-6,9-10H,7-8H2,1-2H3,(H,17,18);2-5,8-9,17H,6-7,10H2,1H3,(H,16,18). The number of aliphatic hydroxyl groups excluding tert-OH is 1. The number of aliphatic hydroxyl groups is 1. The zero-order valence-corrected chi connectivity index (χ0v) is 22.0. The molecule has 0 radical (unpaired) electrons. The lowest BCUT2D eigenvalue weighted by Gasteiger charge is -2.09. The van der Waals surface area contributed by atoms with Crippen LogP contribution < -0.4 is 10.6 Å². The van der Waals surface area contributed by atoms with E-state index in [4.69, 9.17) is 4.74 Å². The summed E-state index contributed by atoms with van der Waals surface area (Å²) in [7, 11) is 1.38. The number of hydrogen-bond acceptors (Lipinski definition) is 5. The lowest BCUT2D eigenvalue weighted by Crippen LogP contribution is -2.22. The Hall–Kier alpha value is -4.23. The monoisotopic (exact) mass is 514 g/mol. The van der Waals surface area contributed by atoms with Crippen LogP contribution in [0, 0.1) is 0 Å². The Bertz CT molecular complexity index is 1430. The van der Waals surface area contributed by atoms with Crippen molar-refractivity contribution in [3.05, 3.63) is 95.1 Å². The molecule has 0 spiro atoms. The van der Waals surface area contributed by atoms with E-state index in [1.54, 1.807) is 0 Å². The quantitative estimate of drug-likeness (QED) is 0.304. The van der Waals surface area contributed by atoms with Crippen molar-refractivity contribution in [3.8, 4) is 0 Å². The number of benzene rings is 4. The topological polar surface area (TPSA) is 105 Å². The van der Waals surface area contributed by atoms with Crippen LogP contribution in [-0.2, 0) is 33.8 Å². The van der Waals surface area contributed by atoms with Gasteiger partial charge in [0.15, 0.2) is 0 Å². The first kappa shape index (κ1) is 28.3. The fourth-order valence-electron chi connectivity index (χ4n) is 4.30. The van der Waals surface area contributed by atoms with E-state index in [2.05, 4.69) is 16.7 Å². The molecule has 0 atom stereocenters. The molecule has 7 nitrogen and oxygen atoms in total. The second kappa shape index (κ2) is 13.9. The van der Waals surface area contributed by atoms with Gasteiger partial charge in [-0.3, -0.25) is 9.59 Å². The number of esters is 1. The summed E-state index contributed by atoms with van der Waals surface area (Å²) in [6.45, 7) is 4.21. The van der Waals surface area contributed by atoms with Gasteiger partial charge >= 0.3 is 5.97 Å². The summed E-state index contributed by atoms with van der Waals surface area (Å²) < 4.78 is 4.83. The maximum atomic E-state index is 11.9. The van der Waals surface area contributed by atoms with E-state index in [1.165, 1.54) is 21.0 Å². The molecule has 0 bridgehead atoms. The van der Waals surface area contributed by atoms with Gasteiger partial charge in [-0.2, -0.15) is 0 Å². The Morgan fingerprint density at radius 1 is 0.737 bits per heavy atom. The summed E-state index contributed by atoms with van der Waals surface area (Å²) in [5.41, 5.74) is 3.62. The molecule has 2 amide bonds. The van der Waals surface area contributed by atoms with Crippen molar-refractivity contribution in [2.75, 3.05) is 20.2 Å². The fraction of sp³-hybridized carbons (Fsp3) is 0.258. The van der Waals surface area contributed by atoms with Gasteiger partial charge in [-0.05, 0) is 57.1 Å². The van der Waals surface area contributed by atoms with Gasteiger partial charge in [0.2, 0.25) is 11.8 Å². The molecule has 4 aromatic rings. The Balaban J connectivity index is 0.000000212. The van der Waals surface area contributed by atoms with Crippen LogP contribution >= 0.6 is 0 Å². The molecule has 0 aromatic heterocycles. The van der Waals surface area contributed by atoms with Crippen LogP contribution in [0.2, 0.25) is 0 Å². The average molecular weight is 515 g/mol. The fourth-order valence-corrected chi connectivity index (χ4v) is 4.30. The van der Waals surface area contributed by atoms with Crippen LogP contribution in [0.15, 0.2) is 72.8 Å². The smallest absolute Gasteiger partial charge is 0.338 e. The van der Waals surface area contributed by atoms with Gasteiger partial charge < -0.3 is 20.5 Å². The Morgan fingerprint density at radius 2 is 1.24 bits per heavy atom. The predicted octanol–water partition coefficient (Wildman–Crippen LogP) is 4.32. The SMILES string of the molecule is CC(=O)NCCc1cc(CO)c2ccccc2c1.COC(=O)c1cc(CCNC(C)=O)cc2ccccc12. The molecule has 0 aliphatic heterocycles. The highest BCUT2D eigenvalue weighted by Crippen LogP contribution is 2.23. The maximum absolute atomic E-state index is 11.9. The minimum absolute atomic E-state index is 0.0156. The van der Waals surface area contributed by atoms with E-state index in [0.29, 0.717) is 25.1 Å². The van der Waals surface area contributed by atoms with Crippen LogP contribution in [0.5, 0.6) is 0 Å². The molecule has 0 unspecified atom stereocenters. The lowest BCUT2D eigenvalue weighted by atomic mass is 9.99. The number of methoxy groups -OCH3 is 1. The molecule has 0 fully saturated rings. The highest BCUT2D eigenvalue weighted by Gasteiger charge is 2.12. The van der Waals surface area contributed by atoms with Gasteiger partial charge in [0.05, 0.1) is 19.3 Å². The van der Waals surface area contributed by atoms with Crippen molar-refractivity contribution in [1.29, 1.82) is 0 Å². The molecule has 198 valence electrons. The first-order valence-electron chi connectivity index (χ1n) is 12.5. The summed E-state index contributed by atoms with van der Waals surface area (Å²) in [5, 5.41) is 19.0. The molecule has 38 heavy (non-hydrogen) atoms. The van der Waals surface area contributed by atoms with Crippen molar-refractivity contribution < 1.29 is 24.2 Å². The van der Waals surface area contributed by atoms with Crippen molar-refractivity contribution >= 4 is 39.3 Å². The number of ether oxygens (including phenoxy) is 1. The number of amides is 2. The molecule has 4 rings (SSSR count). The first-order chi connectivity index (χ1) is 18.3. The van der Waals surface area contributed by atoms with Gasteiger partial charge in [0, 0.05) is 26.9 Å². The first-order valence-corrected chi connectivity index (χ1v) is 12.5. The Kier molecular flexibility index (Phi) is 10.4. The van der Waals surface area contributed by atoms with Crippen LogP contribution in [-0.4, -0.2) is 43.1 Å². The third-order valence-electron chi connectivity index (χ3n) is 6.08. The van der Waals surface area contributed by atoms with E-state index < -0.39 is 0 Å². The number of fused-ring (bicyclic) bond motifs is 2. The number of rotatable bonds is 8. The van der Waals surface area contributed by atoms with E-state index in [0.717, 1.165) is 44.7 Å². The van der Waals surface area contributed by atoms with Crippen LogP contribution in [0.1, 0.15) is 40.9 Å². The lowest BCUT2D eigenvalue weighted by molar-refractivity contribution is -0.119. The highest BCUT2D eigenvalue weighted by atomic mass is 16.5. The molecule has 7 heteroatoms. The van der Waals surface area contributed by atoms with Gasteiger partial charge in [-0.25, -0.2) is 4.79 Å². The third kappa shape index (κ3) is 7.88. The van der Waals surface area contributed by atoms with Gasteiger partial charge in [-0.15, -0.1) is 0 Å². The number of carbonyl (C=O) groups is 3. The summed E-state index contributed by atoms with van der Waals surface area (Å²) in [6, 6.07) is 23.7. The minimum Gasteiger partial charge on any atom is -0.465 e. The van der Waals surface area contributed by atoms with Crippen LogP contribution in [0.4, 0.5) is 0 Å². The minimum atomic E-state index is -0.345. The van der Waals surface area contributed by atoms with Crippen LogP contribution in [0.25, 0.3) is 21.5 Å². The van der Waals surface area contributed by atoms with Gasteiger partial charge in [0.1, 0.15) is 0 Å². The predicted molar refractivity (Wildman–Crippen MR) is 150 cm³/mol. The highest BCUT2D eigenvalue weighted by molar-refractivity contribution is 6.04. The van der Waals surface area contributed by atoms with Gasteiger partial charge in [0.25, 0.3) is 0 Å². The molecule has 0 heterocycles. The largest absolute Gasteiger partial charge is 0.465 e. The van der Waals surface area contributed by atoms with E-state index in [1.807, 2.05) is 66.7 Å². The van der Waals surface area contributed by atoms with Gasteiger partial charge in [-0.1, -0.05) is 66.7 Å². The van der Waals surface area contributed by atoms with E-state index in [-0.39, 0.29) is 24.4 Å². The molecule has 4 aromatic carbocycles. The second-order valence-corrected chi connectivity index (χ2v) is 8.96. The summed E-state index contributed by atoms with van der Waals surface area (Å²) in [4.78, 5) is 33.6. The maximum Gasteiger partial charge on any atom is 0.338 e. The number of hydrogen-bond donors (Lipinski definition) is 3. The number of nitrogens with one attached hydrogen (secondary N) is 2. The molecule has 0 aliphatic rings.